The Morgan fingerprint density at radius 2 is 1.38 bits per heavy atom. The molecule has 0 aromatic heterocycles. The Balaban J connectivity index is 1.29. The van der Waals surface area contributed by atoms with Crippen LogP contribution < -0.4 is 4.74 Å². The van der Waals surface area contributed by atoms with Gasteiger partial charge in [-0.1, -0.05) is 78.0 Å². The summed E-state index contributed by atoms with van der Waals surface area (Å²) in [5.41, 5.74) is 4.85. The lowest BCUT2D eigenvalue weighted by atomic mass is 9.97. The van der Waals surface area contributed by atoms with Gasteiger partial charge in [0.2, 0.25) is 0 Å². The van der Waals surface area contributed by atoms with E-state index in [0.29, 0.717) is 19.1 Å². The predicted molar refractivity (Wildman–Crippen MR) is 117 cm³/mol. The lowest BCUT2D eigenvalue weighted by molar-refractivity contribution is 0.129. The Hall–Kier alpha value is -3.07. The molecule has 3 aromatic rings. The predicted octanol–water partition coefficient (Wildman–Crippen LogP) is 6.18. The zero-order valence-electron chi connectivity index (χ0n) is 16.7. The van der Waals surface area contributed by atoms with E-state index in [4.69, 9.17) is 9.57 Å². The van der Waals surface area contributed by atoms with Crippen LogP contribution in [0.1, 0.15) is 36.0 Å². The summed E-state index contributed by atoms with van der Waals surface area (Å²) in [6.45, 7) is 1.13. The highest BCUT2D eigenvalue weighted by molar-refractivity contribution is 5.88. The van der Waals surface area contributed by atoms with Crippen molar-refractivity contribution in [1.82, 2.24) is 0 Å². The average Bonchev–Trinajstić information content (AvgIpc) is 3.21. The molecule has 0 spiro atoms. The van der Waals surface area contributed by atoms with Crippen LogP contribution in [-0.2, 0) is 24.5 Å². The molecule has 3 aromatic carbocycles. The fraction of sp³-hybridized carbons (Fsp3) is 0.269. The summed E-state index contributed by atoms with van der Waals surface area (Å²) in [5, 5.41) is 4.47. The standard InChI is InChI=1S/C26H27NO2/c1-3-8-22(9-4-1)19-28-25-16-14-21(15-17-25)18-24-12-7-13-26(24)27-29-20-23-10-5-2-6-11-23/h1-6,8-11,14-17,24H,7,12-13,18-20H2. The molecule has 0 amide bonds. The molecule has 1 unspecified atom stereocenters. The van der Waals surface area contributed by atoms with E-state index in [2.05, 4.69) is 53.7 Å². The summed E-state index contributed by atoms with van der Waals surface area (Å²) in [6.07, 6.45) is 4.42. The van der Waals surface area contributed by atoms with Crippen molar-refractivity contribution >= 4 is 5.71 Å². The van der Waals surface area contributed by atoms with E-state index in [0.717, 1.165) is 24.2 Å². The van der Waals surface area contributed by atoms with E-state index >= 15 is 0 Å². The SMILES string of the molecule is c1ccc(CON=C2CCCC2Cc2ccc(OCc3ccccc3)cc2)cc1. The van der Waals surface area contributed by atoms with Gasteiger partial charge in [-0.2, -0.15) is 0 Å². The molecule has 29 heavy (non-hydrogen) atoms. The highest BCUT2D eigenvalue weighted by atomic mass is 16.6. The van der Waals surface area contributed by atoms with Gasteiger partial charge in [-0.25, -0.2) is 0 Å². The first kappa shape index (κ1) is 19.3. The van der Waals surface area contributed by atoms with E-state index in [1.54, 1.807) is 0 Å². The molecule has 0 radical (unpaired) electrons. The lowest BCUT2D eigenvalue weighted by Crippen LogP contribution is -2.11. The summed E-state index contributed by atoms with van der Waals surface area (Å²) in [7, 11) is 0. The minimum absolute atomic E-state index is 0.474. The maximum Gasteiger partial charge on any atom is 0.142 e. The third kappa shape index (κ3) is 5.71. The van der Waals surface area contributed by atoms with Crippen LogP contribution in [0.2, 0.25) is 0 Å². The van der Waals surface area contributed by atoms with Crippen molar-refractivity contribution in [2.75, 3.05) is 0 Å². The monoisotopic (exact) mass is 385 g/mol. The molecule has 0 aliphatic heterocycles. The third-order valence-electron chi connectivity index (χ3n) is 5.37. The maximum absolute atomic E-state index is 5.89. The van der Waals surface area contributed by atoms with E-state index in [1.807, 2.05) is 36.4 Å². The highest BCUT2D eigenvalue weighted by Gasteiger charge is 2.23. The zero-order chi connectivity index (χ0) is 19.7. The number of oxime groups is 1. The maximum atomic E-state index is 5.89. The molecule has 0 heterocycles. The summed E-state index contributed by atoms with van der Waals surface area (Å²) in [5.74, 6) is 1.38. The molecule has 1 aliphatic carbocycles. The van der Waals surface area contributed by atoms with Crippen LogP contribution in [0.15, 0.2) is 90.1 Å². The van der Waals surface area contributed by atoms with Crippen LogP contribution in [0.5, 0.6) is 5.75 Å². The zero-order valence-corrected chi connectivity index (χ0v) is 16.7. The molecule has 1 aliphatic rings. The van der Waals surface area contributed by atoms with Crippen LogP contribution in [0.25, 0.3) is 0 Å². The Labute approximate surface area is 173 Å². The number of hydrogen-bond acceptors (Lipinski definition) is 3. The van der Waals surface area contributed by atoms with Crippen LogP contribution in [0.3, 0.4) is 0 Å². The van der Waals surface area contributed by atoms with Crippen LogP contribution in [-0.4, -0.2) is 5.71 Å². The van der Waals surface area contributed by atoms with Gasteiger partial charge < -0.3 is 9.57 Å². The average molecular weight is 386 g/mol. The minimum Gasteiger partial charge on any atom is -0.489 e. The molecule has 1 saturated carbocycles. The van der Waals surface area contributed by atoms with E-state index in [1.165, 1.54) is 29.7 Å². The molecule has 0 N–H and O–H groups in total. The van der Waals surface area contributed by atoms with Crippen molar-refractivity contribution in [2.45, 2.75) is 38.9 Å². The van der Waals surface area contributed by atoms with Crippen molar-refractivity contribution in [2.24, 2.45) is 11.1 Å². The molecule has 3 nitrogen and oxygen atoms in total. The van der Waals surface area contributed by atoms with Crippen molar-refractivity contribution in [3.05, 3.63) is 102 Å². The molecule has 0 bridgehead atoms. The Bertz CT molecular complexity index is 904. The topological polar surface area (TPSA) is 30.8 Å². The second kappa shape index (κ2) is 9.92. The fourth-order valence-corrected chi connectivity index (χ4v) is 3.75. The lowest BCUT2D eigenvalue weighted by Gasteiger charge is -2.12. The van der Waals surface area contributed by atoms with Crippen LogP contribution >= 0.6 is 0 Å². The molecular formula is C26H27NO2. The number of benzene rings is 3. The van der Waals surface area contributed by atoms with Crippen molar-refractivity contribution in [3.63, 3.8) is 0 Å². The van der Waals surface area contributed by atoms with Gasteiger partial charge in [0, 0.05) is 5.92 Å². The van der Waals surface area contributed by atoms with Crippen molar-refractivity contribution in [1.29, 1.82) is 0 Å². The van der Waals surface area contributed by atoms with Gasteiger partial charge in [-0.3, -0.25) is 0 Å². The quantitative estimate of drug-likeness (QED) is 0.433. The first-order valence-corrected chi connectivity index (χ1v) is 10.3. The number of rotatable bonds is 8. The van der Waals surface area contributed by atoms with Gasteiger partial charge in [0.25, 0.3) is 0 Å². The summed E-state index contributed by atoms with van der Waals surface area (Å²) >= 11 is 0. The first-order chi connectivity index (χ1) is 14.4. The summed E-state index contributed by atoms with van der Waals surface area (Å²) < 4.78 is 5.89. The smallest absolute Gasteiger partial charge is 0.142 e. The largest absolute Gasteiger partial charge is 0.489 e. The summed E-state index contributed by atoms with van der Waals surface area (Å²) in [6, 6.07) is 28.9. The van der Waals surface area contributed by atoms with Gasteiger partial charge in [0.1, 0.15) is 19.0 Å². The van der Waals surface area contributed by atoms with Crippen LogP contribution in [0.4, 0.5) is 0 Å². The van der Waals surface area contributed by atoms with Gasteiger partial charge in [0.15, 0.2) is 0 Å². The van der Waals surface area contributed by atoms with Gasteiger partial charge >= 0.3 is 0 Å². The number of hydrogen-bond donors (Lipinski definition) is 0. The molecule has 4 rings (SSSR count). The van der Waals surface area contributed by atoms with Crippen LogP contribution in [0, 0.1) is 5.92 Å². The molecule has 1 fully saturated rings. The van der Waals surface area contributed by atoms with E-state index in [9.17, 15) is 0 Å². The third-order valence-corrected chi connectivity index (χ3v) is 5.37. The molecule has 148 valence electrons. The molecular weight excluding hydrogens is 358 g/mol. The van der Waals surface area contributed by atoms with Gasteiger partial charge in [-0.05, 0) is 54.5 Å². The second-order valence-electron chi connectivity index (χ2n) is 7.55. The van der Waals surface area contributed by atoms with Gasteiger partial charge in [0.05, 0.1) is 5.71 Å². The Kier molecular flexibility index (Phi) is 6.59. The minimum atomic E-state index is 0.474. The van der Waals surface area contributed by atoms with Crippen molar-refractivity contribution < 1.29 is 9.57 Å². The highest BCUT2D eigenvalue weighted by Crippen LogP contribution is 2.27. The number of nitrogens with zero attached hydrogens (tertiary/aromatic N) is 1. The molecule has 1 atom stereocenters. The molecule has 0 saturated heterocycles. The van der Waals surface area contributed by atoms with E-state index < -0.39 is 0 Å². The summed E-state index contributed by atoms with van der Waals surface area (Å²) in [4.78, 5) is 5.63. The van der Waals surface area contributed by atoms with E-state index in [-0.39, 0.29) is 0 Å². The fourth-order valence-electron chi connectivity index (χ4n) is 3.75. The van der Waals surface area contributed by atoms with Crippen molar-refractivity contribution in [3.8, 4) is 5.75 Å². The normalized spacial score (nSPS) is 17.4. The van der Waals surface area contributed by atoms with Gasteiger partial charge in [-0.15, -0.1) is 0 Å². The Morgan fingerprint density at radius 1 is 0.724 bits per heavy atom. The number of ether oxygens (including phenoxy) is 1. The Morgan fingerprint density at radius 3 is 2.07 bits per heavy atom. The second-order valence-corrected chi connectivity index (χ2v) is 7.55. The first-order valence-electron chi connectivity index (χ1n) is 10.3. The molecule has 3 heteroatoms.